The van der Waals surface area contributed by atoms with Gasteiger partial charge in [-0.3, -0.25) is 4.79 Å². The molecule has 1 atom stereocenters. The number of nitrogens with zero attached hydrogens (tertiary/aromatic N) is 1. The number of alkyl carbamates (subject to hydrolysis) is 1. The SMILES string of the molecule is COC(=O)C(COC(C)(C)C)N(C(=O)CCCNC(=O)OC(C)(C)C)C1CCOCC1. The van der Waals surface area contributed by atoms with E-state index in [-0.39, 0.29) is 25.0 Å². The minimum atomic E-state index is -0.835. The Morgan fingerprint density at radius 2 is 1.68 bits per heavy atom. The molecule has 180 valence electrons. The number of carbonyl (C=O) groups excluding carboxylic acids is 3. The molecule has 0 radical (unpaired) electrons. The summed E-state index contributed by atoms with van der Waals surface area (Å²) in [4.78, 5) is 39.1. The first-order chi connectivity index (χ1) is 14.3. The van der Waals surface area contributed by atoms with E-state index in [0.29, 0.717) is 39.0 Å². The molecule has 0 saturated carbocycles. The number of methoxy groups -OCH3 is 1. The molecule has 9 nitrogen and oxygen atoms in total. The van der Waals surface area contributed by atoms with Crippen molar-refractivity contribution in [3.8, 4) is 0 Å². The van der Waals surface area contributed by atoms with Gasteiger partial charge in [-0.2, -0.15) is 0 Å². The fourth-order valence-electron chi connectivity index (χ4n) is 3.20. The van der Waals surface area contributed by atoms with Crippen molar-refractivity contribution in [2.24, 2.45) is 0 Å². The fraction of sp³-hybridized carbons (Fsp3) is 0.864. The van der Waals surface area contributed by atoms with Crippen LogP contribution in [0, 0.1) is 0 Å². The molecule has 1 unspecified atom stereocenters. The molecule has 0 aromatic heterocycles. The van der Waals surface area contributed by atoms with Gasteiger partial charge in [-0.15, -0.1) is 0 Å². The normalized spacial score (nSPS) is 16.4. The average molecular weight is 445 g/mol. The van der Waals surface area contributed by atoms with Crippen LogP contribution in [0.5, 0.6) is 0 Å². The first kappa shape index (κ1) is 27.2. The molecule has 31 heavy (non-hydrogen) atoms. The van der Waals surface area contributed by atoms with Crippen molar-refractivity contribution < 1.29 is 33.3 Å². The molecule has 0 aromatic rings. The van der Waals surface area contributed by atoms with Gasteiger partial charge in [-0.25, -0.2) is 9.59 Å². The van der Waals surface area contributed by atoms with Gasteiger partial charge in [-0.05, 0) is 60.8 Å². The second-order valence-corrected chi connectivity index (χ2v) is 9.64. The van der Waals surface area contributed by atoms with E-state index < -0.39 is 29.3 Å². The molecule has 1 saturated heterocycles. The Balaban J connectivity index is 2.81. The predicted octanol–water partition coefficient (Wildman–Crippen LogP) is 2.66. The van der Waals surface area contributed by atoms with Gasteiger partial charge >= 0.3 is 12.1 Å². The third kappa shape index (κ3) is 10.8. The second-order valence-electron chi connectivity index (χ2n) is 9.64. The highest BCUT2D eigenvalue weighted by Gasteiger charge is 2.37. The van der Waals surface area contributed by atoms with Gasteiger partial charge in [0.2, 0.25) is 5.91 Å². The van der Waals surface area contributed by atoms with Crippen LogP contribution in [0.25, 0.3) is 0 Å². The maximum Gasteiger partial charge on any atom is 0.407 e. The molecule has 0 bridgehead atoms. The maximum absolute atomic E-state index is 13.2. The lowest BCUT2D eigenvalue weighted by Gasteiger charge is -2.39. The number of amides is 2. The summed E-state index contributed by atoms with van der Waals surface area (Å²) in [6, 6.07) is -0.966. The lowest BCUT2D eigenvalue weighted by Crippen LogP contribution is -2.55. The summed E-state index contributed by atoms with van der Waals surface area (Å²) in [7, 11) is 1.31. The topological polar surface area (TPSA) is 103 Å². The molecule has 0 aliphatic carbocycles. The highest BCUT2D eigenvalue weighted by molar-refractivity contribution is 5.85. The molecule has 1 rings (SSSR count). The van der Waals surface area contributed by atoms with Crippen LogP contribution < -0.4 is 5.32 Å². The molecule has 1 aliphatic heterocycles. The zero-order valence-corrected chi connectivity index (χ0v) is 20.1. The van der Waals surface area contributed by atoms with Gasteiger partial charge in [0.15, 0.2) is 6.04 Å². The Hall–Kier alpha value is -1.87. The third-order valence-electron chi connectivity index (χ3n) is 4.59. The number of nitrogens with one attached hydrogen (secondary N) is 1. The summed E-state index contributed by atoms with van der Waals surface area (Å²) >= 11 is 0. The molecule has 2 amide bonds. The van der Waals surface area contributed by atoms with Gasteiger partial charge in [0, 0.05) is 32.2 Å². The fourth-order valence-corrected chi connectivity index (χ4v) is 3.20. The van der Waals surface area contributed by atoms with Crippen molar-refractivity contribution in [3.63, 3.8) is 0 Å². The van der Waals surface area contributed by atoms with Crippen molar-refractivity contribution in [2.75, 3.05) is 33.5 Å². The van der Waals surface area contributed by atoms with Crippen molar-refractivity contribution in [1.29, 1.82) is 0 Å². The van der Waals surface area contributed by atoms with Crippen molar-refractivity contribution in [3.05, 3.63) is 0 Å². The van der Waals surface area contributed by atoms with Crippen LogP contribution in [0.1, 0.15) is 67.2 Å². The molecule has 9 heteroatoms. The van der Waals surface area contributed by atoms with Crippen LogP contribution >= 0.6 is 0 Å². The summed E-state index contributed by atoms with van der Waals surface area (Å²) in [6.45, 7) is 12.4. The summed E-state index contributed by atoms with van der Waals surface area (Å²) in [5.74, 6) is -0.679. The predicted molar refractivity (Wildman–Crippen MR) is 116 cm³/mol. The van der Waals surface area contributed by atoms with Gasteiger partial charge < -0.3 is 29.2 Å². The molecule has 1 heterocycles. The van der Waals surface area contributed by atoms with Crippen molar-refractivity contribution >= 4 is 18.0 Å². The maximum atomic E-state index is 13.2. The van der Waals surface area contributed by atoms with E-state index in [1.165, 1.54) is 7.11 Å². The summed E-state index contributed by atoms with van der Waals surface area (Å²) in [6.07, 6.45) is 1.37. The number of ether oxygens (including phenoxy) is 4. The summed E-state index contributed by atoms with van der Waals surface area (Å²) in [5, 5.41) is 2.65. The van der Waals surface area contributed by atoms with Crippen LogP contribution in [0.4, 0.5) is 4.79 Å². The first-order valence-electron chi connectivity index (χ1n) is 10.9. The molecular weight excluding hydrogens is 404 g/mol. The molecule has 0 spiro atoms. The molecule has 1 fully saturated rings. The Bertz CT molecular complexity index is 590. The Kier molecular flexibility index (Phi) is 10.7. The highest BCUT2D eigenvalue weighted by Crippen LogP contribution is 2.21. The minimum Gasteiger partial charge on any atom is -0.467 e. The number of rotatable bonds is 9. The highest BCUT2D eigenvalue weighted by atomic mass is 16.6. The molecule has 1 aliphatic rings. The molecule has 0 aromatic carbocycles. The van der Waals surface area contributed by atoms with Crippen LogP contribution in [0.2, 0.25) is 0 Å². The smallest absolute Gasteiger partial charge is 0.407 e. The van der Waals surface area contributed by atoms with Gasteiger partial charge in [0.05, 0.1) is 19.3 Å². The van der Waals surface area contributed by atoms with E-state index in [1.54, 1.807) is 25.7 Å². The van der Waals surface area contributed by atoms with E-state index in [9.17, 15) is 14.4 Å². The molecule has 1 N–H and O–H groups in total. The van der Waals surface area contributed by atoms with Crippen LogP contribution in [-0.2, 0) is 28.5 Å². The van der Waals surface area contributed by atoms with E-state index in [1.807, 2.05) is 20.8 Å². The average Bonchev–Trinajstić information content (AvgIpc) is 2.66. The summed E-state index contributed by atoms with van der Waals surface area (Å²) < 4.78 is 21.5. The largest absolute Gasteiger partial charge is 0.467 e. The van der Waals surface area contributed by atoms with Crippen LogP contribution in [0.15, 0.2) is 0 Å². The van der Waals surface area contributed by atoms with Crippen molar-refractivity contribution in [1.82, 2.24) is 10.2 Å². The second kappa shape index (κ2) is 12.2. The number of hydrogen-bond acceptors (Lipinski definition) is 7. The van der Waals surface area contributed by atoms with E-state index in [2.05, 4.69) is 5.32 Å². The van der Waals surface area contributed by atoms with Crippen LogP contribution in [0.3, 0.4) is 0 Å². The van der Waals surface area contributed by atoms with Gasteiger partial charge in [0.25, 0.3) is 0 Å². The van der Waals surface area contributed by atoms with E-state index in [0.717, 1.165) is 0 Å². The minimum absolute atomic E-state index is 0.0510. The lowest BCUT2D eigenvalue weighted by atomic mass is 10.0. The van der Waals surface area contributed by atoms with E-state index >= 15 is 0 Å². The Morgan fingerprint density at radius 1 is 1.06 bits per heavy atom. The number of hydrogen-bond donors (Lipinski definition) is 1. The number of esters is 1. The van der Waals surface area contributed by atoms with Crippen molar-refractivity contribution in [2.45, 2.75) is 90.5 Å². The quantitative estimate of drug-likeness (QED) is 0.431. The number of carbonyl (C=O) groups is 3. The van der Waals surface area contributed by atoms with Crippen LogP contribution in [-0.4, -0.2) is 79.6 Å². The third-order valence-corrected chi connectivity index (χ3v) is 4.59. The molecular formula is C22H40N2O7. The van der Waals surface area contributed by atoms with Gasteiger partial charge in [0.1, 0.15) is 5.60 Å². The zero-order chi connectivity index (χ0) is 23.7. The van der Waals surface area contributed by atoms with E-state index in [4.69, 9.17) is 18.9 Å². The zero-order valence-electron chi connectivity index (χ0n) is 20.1. The Labute approximate surface area is 186 Å². The summed E-state index contributed by atoms with van der Waals surface area (Å²) in [5.41, 5.74) is -1.05. The first-order valence-corrected chi connectivity index (χ1v) is 10.9. The lowest BCUT2D eigenvalue weighted by molar-refractivity contribution is -0.162. The standard InChI is InChI=1S/C22H40N2O7/c1-21(2,3)30-15-17(19(26)28-7)24(16-10-13-29-14-11-16)18(25)9-8-12-23-20(27)31-22(4,5)6/h16-17H,8-15H2,1-7H3,(H,23,27). The van der Waals surface area contributed by atoms with Gasteiger partial charge in [-0.1, -0.05) is 0 Å². The monoisotopic (exact) mass is 444 g/mol. The Morgan fingerprint density at radius 3 is 2.19 bits per heavy atom.